The van der Waals surface area contributed by atoms with Gasteiger partial charge < -0.3 is 15.4 Å². The Balaban J connectivity index is 1.85. The zero-order valence-electron chi connectivity index (χ0n) is 14.1. The summed E-state index contributed by atoms with van der Waals surface area (Å²) >= 11 is 0. The number of amides is 2. The van der Waals surface area contributed by atoms with Crippen LogP contribution >= 0.6 is 0 Å². The van der Waals surface area contributed by atoms with Gasteiger partial charge in [0, 0.05) is 31.7 Å². The first-order valence-corrected chi connectivity index (χ1v) is 8.09. The van der Waals surface area contributed by atoms with E-state index in [4.69, 9.17) is 10.5 Å². The Kier molecular flexibility index (Phi) is 6.14. The molecule has 1 aromatic rings. The Labute approximate surface area is 141 Å². The highest BCUT2D eigenvalue weighted by atomic mass is 19.1. The molecule has 1 aliphatic heterocycles. The minimum absolute atomic E-state index is 0.0962. The summed E-state index contributed by atoms with van der Waals surface area (Å²) in [6.07, 6.45) is 0.170. The molecule has 6 nitrogen and oxygen atoms in total. The van der Waals surface area contributed by atoms with E-state index in [9.17, 15) is 14.0 Å². The molecule has 132 valence electrons. The number of benzene rings is 1. The summed E-state index contributed by atoms with van der Waals surface area (Å²) in [6, 6.07) is 5.51. The molecule has 1 heterocycles. The van der Waals surface area contributed by atoms with Gasteiger partial charge in [0.1, 0.15) is 17.6 Å². The largest absolute Gasteiger partial charge is 0.493 e. The Morgan fingerprint density at radius 2 is 2.12 bits per heavy atom. The van der Waals surface area contributed by atoms with Crippen LogP contribution in [0.1, 0.15) is 20.3 Å². The van der Waals surface area contributed by atoms with Crippen LogP contribution in [0.5, 0.6) is 5.75 Å². The van der Waals surface area contributed by atoms with E-state index in [1.54, 1.807) is 17.0 Å². The fourth-order valence-electron chi connectivity index (χ4n) is 2.87. The number of rotatable bonds is 6. The van der Waals surface area contributed by atoms with Crippen molar-refractivity contribution in [3.8, 4) is 5.75 Å². The lowest BCUT2D eigenvalue weighted by Crippen LogP contribution is -2.61. The van der Waals surface area contributed by atoms with Gasteiger partial charge in [-0.3, -0.25) is 14.5 Å². The van der Waals surface area contributed by atoms with Crippen molar-refractivity contribution in [1.82, 2.24) is 9.80 Å². The Morgan fingerprint density at radius 3 is 2.75 bits per heavy atom. The van der Waals surface area contributed by atoms with E-state index >= 15 is 0 Å². The fraction of sp³-hybridized carbons (Fsp3) is 0.529. The van der Waals surface area contributed by atoms with Crippen molar-refractivity contribution in [2.45, 2.75) is 32.4 Å². The molecule has 0 spiro atoms. The van der Waals surface area contributed by atoms with Crippen molar-refractivity contribution in [2.24, 2.45) is 5.73 Å². The number of carbonyl (C=O) groups excluding carboxylic acids is 2. The minimum atomic E-state index is -0.466. The molecule has 0 aromatic heterocycles. The van der Waals surface area contributed by atoms with Gasteiger partial charge in [0.05, 0.1) is 13.0 Å². The van der Waals surface area contributed by atoms with E-state index in [0.717, 1.165) is 0 Å². The van der Waals surface area contributed by atoms with Crippen LogP contribution in [-0.2, 0) is 9.59 Å². The first-order chi connectivity index (χ1) is 11.4. The van der Waals surface area contributed by atoms with E-state index in [-0.39, 0.29) is 30.8 Å². The van der Waals surface area contributed by atoms with Gasteiger partial charge >= 0.3 is 0 Å². The van der Waals surface area contributed by atoms with Crippen LogP contribution in [0.15, 0.2) is 24.3 Å². The molecule has 1 saturated heterocycles. The monoisotopic (exact) mass is 337 g/mol. The van der Waals surface area contributed by atoms with Crippen molar-refractivity contribution < 1.29 is 18.7 Å². The summed E-state index contributed by atoms with van der Waals surface area (Å²) in [5, 5.41) is 0. The summed E-state index contributed by atoms with van der Waals surface area (Å²) in [5.41, 5.74) is 5.47. The second kappa shape index (κ2) is 8.10. The molecule has 1 fully saturated rings. The van der Waals surface area contributed by atoms with Crippen LogP contribution < -0.4 is 10.5 Å². The predicted octanol–water partition coefficient (Wildman–Crippen LogP) is 1.00. The minimum Gasteiger partial charge on any atom is -0.493 e. The van der Waals surface area contributed by atoms with Crippen LogP contribution in [0, 0.1) is 5.82 Å². The molecule has 0 aliphatic carbocycles. The number of nitrogens with zero attached hydrogens (tertiary/aromatic N) is 2. The van der Waals surface area contributed by atoms with Crippen molar-refractivity contribution in [3.05, 3.63) is 30.1 Å². The van der Waals surface area contributed by atoms with E-state index in [1.165, 1.54) is 12.1 Å². The molecule has 0 unspecified atom stereocenters. The number of ether oxygens (including phenoxy) is 1. The third-order valence-corrected chi connectivity index (χ3v) is 4.15. The molecule has 2 amide bonds. The number of hydrogen-bond donors (Lipinski definition) is 1. The molecule has 0 saturated carbocycles. The lowest BCUT2D eigenvalue weighted by atomic mass is 10.1. The highest BCUT2D eigenvalue weighted by molar-refractivity contribution is 5.82. The number of carbonyl (C=O) groups is 2. The number of halogens is 1. The van der Waals surface area contributed by atoms with Gasteiger partial charge in [-0.05, 0) is 26.0 Å². The van der Waals surface area contributed by atoms with Crippen molar-refractivity contribution in [1.29, 1.82) is 0 Å². The molecule has 0 bridgehead atoms. The van der Waals surface area contributed by atoms with Gasteiger partial charge in [-0.2, -0.15) is 0 Å². The number of piperazine rings is 1. The third-order valence-electron chi connectivity index (χ3n) is 4.15. The highest BCUT2D eigenvalue weighted by Gasteiger charge is 2.34. The van der Waals surface area contributed by atoms with Crippen LogP contribution in [-0.4, -0.2) is 59.9 Å². The number of primary amides is 1. The standard InChI is InChI=1S/C17H24FN3O3/c1-12(2)21-8-7-20(11-15(21)17(19)23)16(22)6-9-24-14-5-3-4-13(18)10-14/h3-5,10,12,15H,6-9,11H2,1-2H3,(H2,19,23)/t15-/m0/s1. The lowest BCUT2D eigenvalue weighted by molar-refractivity contribution is -0.138. The van der Waals surface area contributed by atoms with Crippen LogP contribution in [0.2, 0.25) is 0 Å². The van der Waals surface area contributed by atoms with Gasteiger partial charge in [0.2, 0.25) is 11.8 Å². The van der Waals surface area contributed by atoms with E-state index < -0.39 is 11.9 Å². The molecule has 1 aliphatic rings. The normalized spacial score (nSPS) is 18.7. The van der Waals surface area contributed by atoms with Gasteiger partial charge in [0.25, 0.3) is 0 Å². The number of nitrogens with two attached hydrogens (primary N) is 1. The van der Waals surface area contributed by atoms with Gasteiger partial charge in [-0.15, -0.1) is 0 Å². The quantitative estimate of drug-likeness (QED) is 0.840. The van der Waals surface area contributed by atoms with Gasteiger partial charge in [-0.25, -0.2) is 4.39 Å². The molecule has 2 rings (SSSR count). The second-order valence-corrected chi connectivity index (χ2v) is 6.15. The molecule has 7 heteroatoms. The van der Waals surface area contributed by atoms with Gasteiger partial charge in [-0.1, -0.05) is 6.07 Å². The first-order valence-electron chi connectivity index (χ1n) is 8.09. The van der Waals surface area contributed by atoms with Crippen LogP contribution in [0.4, 0.5) is 4.39 Å². The SMILES string of the molecule is CC(C)N1CCN(C(=O)CCOc2cccc(F)c2)C[C@H]1C(N)=O. The Bertz CT molecular complexity index is 594. The third kappa shape index (κ3) is 4.67. The average molecular weight is 337 g/mol. The molecule has 1 atom stereocenters. The number of hydrogen-bond acceptors (Lipinski definition) is 4. The summed E-state index contributed by atoms with van der Waals surface area (Å²) < 4.78 is 18.5. The second-order valence-electron chi connectivity index (χ2n) is 6.15. The molecule has 0 radical (unpaired) electrons. The molecular weight excluding hydrogens is 313 g/mol. The van der Waals surface area contributed by atoms with Gasteiger partial charge in [0.15, 0.2) is 0 Å². The van der Waals surface area contributed by atoms with E-state index in [0.29, 0.717) is 25.4 Å². The smallest absolute Gasteiger partial charge is 0.236 e. The van der Waals surface area contributed by atoms with Crippen molar-refractivity contribution in [2.75, 3.05) is 26.2 Å². The maximum Gasteiger partial charge on any atom is 0.236 e. The molecule has 1 aromatic carbocycles. The first kappa shape index (κ1) is 18.2. The van der Waals surface area contributed by atoms with Crippen molar-refractivity contribution in [3.63, 3.8) is 0 Å². The summed E-state index contributed by atoms with van der Waals surface area (Å²) in [7, 11) is 0. The summed E-state index contributed by atoms with van der Waals surface area (Å²) in [5.74, 6) is -0.506. The maximum atomic E-state index is 13.1. The predicted molar refractivity (Wildman–Crippen MR) is 87.9 cm³/mol. The fourth-order valence-corrected chi connectivity index (χ4v) is 2.87. The Hall–Kier alpha value is -2.15. The van der Waals surface area contributed by atoms with E-state index in [2.05, 4.69) is 0 Å². The van der Waals surface area contributed by atoms with Crippen LogP contribution in [0.25, 0.3) is 0 Å². The van der Waals surface area contributed by atoms with E-state index in [1.807, 2.05) is 18.7 Å². The zero-order chi connectivity index (χ0) is 17.7. The topological polar surface area (TPSA) is 75.9 Å². The molecule has 24 heavy (non-hydrogen) atoms. The molecule has 2 N–H and O–H groups in total. The zero-order valence-corrected chi connectivity index (χ0v) is 14.1. The summed E-state index contributed by atoms with van der Waals surface area (Å²) in [4.78, 5) is 27.6. The summed E-state index contributed by atoms with van der Waals surface area (Å²) in [6.45, 7) is 5.63. The molecular formula is C17H24FN3O3. The van der Waals surface area contributed by atoms with Crippen molar-refractivity contribution >= 4 is 11.8 Å². The Morgan fingerprint density at radius 1 is 1.38 bits per heavy atom. The maximum absolute atomic E-state index is 13.1. The lowest BCUT2D eigenvalue weighted by Gasteiger charge is -2.42. The average Bonchev–Trinajstić information content (AvgIpc) is 2.54. The highest BCUT2D eigenvalue weighted by Crippen LogP contribution is 2.15. The van der Waals surface area contributed by atoms with Crippen LogP contribution in [0.3, 0.4) is 0 Å².